The minimum atomic E-state index is -0.901. The number of rotatable bonds is 6. The fraction of sp³-hybridized carbons (Fsp3) is 0.511. The van der Waals surface area contributed by atoms with E-state index >= 15 is 0 Å². The van der Waals surface area contributed by atoms with Gasteiger partial charge >= 0.3 is 0 Å². The van der Waals surface area contributed by atoms with Crippen LogP contribution in [0.3, 0.4) is 0 Å². The Balaban J connectivity index is 0.000000174. The largest absolute Gasteiger partial charge is 0.504 e. The average molecular weight is 771 g/mol. The highest BCUT2D eigenvalue weighted by Crippen LogP contribution is 2.81. The van der Waals surface area contributed by atoms with Gasteiger partial charge in [-0.2, -0.15) is 0 Å². The van der Waals surface area contributed by atoms with Crippen molar-refractivity contribution in [3.05, 3.63) is 96.2 Å². The number of ether oxygens (including phenoxy) is 1. The van der Waals surface area contributed by atoms with E-state index in [9.17, 15) is 14.7 Å². The van der Waals surface area contributed by atoms with Crippen molar-refractivity contribution < 1.29 is 23.8 Å². The Morgan fingerprint density at radius 1 is 0.963 bits per heavy atom. The molecule has 2 aromatic carbocycles. The molecular formula is C45H55ClN2O5S. The van der Waals surface area contributed by atoms with Crippen LogP contribution in [0.15, 0.2) is 105 Å². The maximum Gasteiger partial charge on any atom is 0.206 e. The summed E-state index contributed by atoms with van der Waals surface area (Å²) < 4.78 is 11.9. The topological polar surface area (TPSA) is 86.5 Å². The van der Waals surface area contributed by atoms with E-state index in [0.29, 0.717) is 11.6 Å². The van der Waals surface area contributed by atoms with E-state index < -0.39 is 21.8 Å². The number of hydrogen-bond acceptors (Lipinski definition) is 8. The van der Waals surface area contributed by atoms with Gasteiger partial charge in [0.25, 0.3) is 0 Å². The quantitative estimate of drug-likeness (QED) is 0.248. The second-order valence-corrected chi connectivity index (χ2v) is 18.4. The van der Waals surface area contributed by atoms with E-state index in [0.717, 1.165) is 38.9 Å². The van der Waals surface area contributed by atoms with E-state index in [1.54, 1.807) is 12.3 Å². The highest BCUT2D eigenvalue weighted by Gasteiger charge is 2.87. The summed E-state index contributed by atoms with van der Waals surface area (Å²) in [7, 11) is 0. The maximum absolute atomic E-state index is 14.0. The molecule has 7 nitrogen and oxygen atoms in total. The third kappa shape index (κ3) is 5.15. The lowest BCUT2D eigenvalue weighted by Crippen LogP contribution is -2.66. The number of nitrogens with zero attached hydrogens (tertiary/aromatic N) is 2. The first-order valence-corrected chi connectivity index (χ1v) is 20.3. The molecule has 8 atom stereocenters. The number of benzene rings is 2. The molecule has 0 bridgehead atoms. The number of fused-ring (bicyclic) bond motifs is 5. The van der Waals surface area contributed by atoms with Crippen LogP contribution in [0.25, 0.3) is 0 Å². The van der Waals surface area contributed by atoms with Crippen molar-refractivity contribution in [3.8, 4) is 0 Å². The average Bonchev–Trinajstić information content (AvgIpc) is 3.49. The SMILES string of the molecule is CC1(C)C(=O)C=CC2(C)C1=C(O)C(=O)C1(C)C2CCC2(C)C(c3ccoc3)CC3OC321.CCN(CC)C(C)CN1c2ccccc2Sc2ccccc21.Cl. The summed E-state index contributed by atoms with van der Waals surface area (Å²) in [5.41, 5.74) is 1.28. The lowest BCUT2D eigenvalue weighted by molar-refractivity contribution is -0.162. The van der Waals surface area contributed by atoms with Crippen LogP contribution >= 0.6 is 24.2 Å². The summed E-state index contributed by atoms with van der Waals surface area (Å²) >= 11 is 1.88. The molecule has 1 spiro atoms. The molecule has 6 aliphatic rings. The minimum Gasteiger partial charge on any atom is -0.504 e. The molecule has 2 saturated carbocycles. The lowest BCUT2D eigenvalue weighted by Gasteiger charge is -2.62. The molecule has 0 amide bonds. The van der Waals surface area contributed by atoms with Crippen LogP contribution in [0.2, 0.25) is 0 Å². The second kappa shape index (κ2) is 13.4. The number of ketones is 2. The molecule has 9 rings (SSSR count). The van der Waals surface area contributed by atoms with Gasteiger partial charge < -0.3 is 19.2 Å². The van der Waals surface area contributed by atoms with Crippen molar-refractivity contribution in [2.24, 2.45) is 27.6 Å². The molecule has 3 heterocycles. The highest BCUT2D eigenvalue weighted by atomic mass is 35.5. The number of carbonyl (C=O) groups excluding carboxylic acids is 2. The van der Waals surface area contributed by atoms with Crippen molar-refractivity contribution in [1.29, 1.82) is 0 Å². The zero-order chi connectivity index (χ0) is 37.7. The lowest BCUT2D eigenvalue weighted by atomic mass is 9.39. The summed E-state index contributed by atoms with van der Waals surface area (Å²) in [5, 5.41) is 11.4. The van der Waals surface area contributed by atoms with Crippen LogP contribution < -0.4 is 4.90 Å². The van der Waals surface area contributed by atoms with Crippen LogP contribution in [0.4, 0.5) is 11.4 Å². The van der Waals surface area contributed by atoms with Gasteiger partial charge in [-0.15, -0.1) is 12.4 Å². The normalized spacial score (nSPS) is 34.3. The van der Waals surface area contributed by atoms with Gasteiger partial charge in [-0.05, 0) is 119 Å². The maximum atomic E-state index is 14.0. The van der Waals surface area contributed by atoms with Crippen LogP contribution in [0, 0.1) is 27.6 Å². The first-order chi connectivity index (χ1) is 25.2. The first-order valence-electron chi connectivity index (χ1n) is 19.5. The van der Waals surface area contributed by atoms with Crippen molar-refractivity contribution in [1.82, 2.24) is 4.90 Å². The highest BCUT2D eigenvalue weighted by molar-refractivity contribution is 7.99. The van der Waals surface area contributed by atoms with Crippen LogP contribution in [-0.4, -0.2) is 59.0 Å². The molecule has 1 saturated heterocycles. The fourth-order valence-corrected chi connectivity index (χ4v) is 13.1. The summed E-state index contributed by atoms with van der Waals surface area (Å²) in [5.74, 6) is -0.312. The Morgan fingerprint density at radius 3 is 2.19 bits per heavy atom. The first kappa shape index (κ1) is 39.0. The van der Waals surface area contributed by atoms with Crippen molar-refractivity contribution >= 4 is 47.1 Å². The third-order valence-electron chi connectivity index (χ3n) is 14.6. The van der Waals surface area contributed by atoms with Gasteiger partial charge in [0.05, 0.1) is 40.8 Å². The van der Waals surface area contributed by atoms with E-state index in [4.69, 9.17) is 9.15 Å². The summed E-state index contributed by atoms with van der Waals surface area (Å²) in [6, 6.07) is 20.0. The summed E-state index contributed by atoms with van der Waals surface area (Å²) in [6.45, 7) is 20.1. The number of carbonyl (C=O) groups is 2. The predicted molar refractivity (Wildman–Crippen MR) is 217 cm³/mol. The monoisotopic (exact) mass is 770 g/mol. The number of allylic oxidation sites excluding steroid dienone is 4. The fourth-order valence-electron chi connectivity index (χ4n) is 12.0. The van der Waals surface area contributed by atoms with Gasteiger partial charge in [0.2, 0.25) is 5.78 Å². The summed E-state index contributed by atoms with van der Waals surface area (Å²) in [6.07, 6.45) is 9.76. The Labute approximate surface area is 331 Å². The molecule has 3 fully saturated rings. The van der Waals surface area contributed by atoms with Gasteiger partial charge in [-0.1, -0.05) is 69.8 Å². The van der Waals surface area contributed by atoms with E-state index in [2.05, 4.69) is 92.9 Å². The van der Waals surface area contributed by atoms with Crippen molar-refractivity contribution in [3.63, 3.8) is 0 Å². The molecule has 288 valence electrons. The molecule has 54 heavy (non-hydrogen) atoms. The number of aliphatic hydroxyl groups is 1. The molecule has 1 N–H and O–H groups in total. The Hall–Kier alpha value is -3.30. The molecule has 4 aliphatic carbocycles. The van der Waals surface area contributed by atoms with Crippen molar-refractivity contribution in [2.45, 2.75) is 108 Å². The molecule has 8 unspecified atom stereocenters. The third-order valence-corrected chi connectivity index (χ3v) is 15.7. The van der Waals surface area contributed by atoms with Gasteiger partial charge in [0.15, 0.2) is 11.5 Å². The standard InChI is InChI=1S/C26H30O5.C19H24N2S.ClH/c1-22(2)17(27)7-9-23(3)16-6-10-24(4)15(14-8-11-30-13-14)12-18-26(24,31-18)25(16,5)21(29)19(28)20(22)23;1-4-20(5-2)15(3)14-21-16-10-6-8-12-18(16)22-19-13-9-7-11-17(19)21;/h7-9,11,13,15-16,18,28H,6,10,12H2,1-5H3;6-13,15H,4-5,14H2,1-3H3;1H. The number of furan rings is 1. The number of aliphatic hydroxyl groups excluding tert-OH is 1. The van der Waals surface area contributed by atoms with Crippen molar-refractivity contribution in [2.75, 3.05) is 24.5 Å². The van der Waals surface area contributed by atoms with Gasteiger partial charge in [-0.3, -0.25) is 14.5 Å². The van der Waals surface area contributed by atoms with Crippen LogP contribution in [0.5, 0.6) is 0 Å². The van der Waals surface area contributed by atoms with Gasteiger partial charge in [-0.25, -0.2) is 0 Å². The molecule has 0 radical (unpaired) electrons. The van der Waals surface area contributed by atoms with Gasteiger partial charge in [0, 0.05) is 33.2 Å². The smallest absolute Gasteiger partial charge is 0.206 e. The molecule has 9 heteroatoms. The van der Waals surface area contributed by atoms with E-state index in [-0.39, 0.29) is 53.1 Å². The molecule has 1 aromatic heterocycles. The van der Waals surface area contributed by atoms with Crippen LogP contribution in [0.1, 0.15) is 86.1 Å². The second-order valence-electron chi connectivity index (χ2n) is 17.3. The minimum absolute atomic E-state index is 0. The number of likely N-dealkylation sites (N-methyl/N-ethyl adjacent to an activating group) is 1. The number of hydrogen-bond donors (Lipinski definition) is 1. The Morgan fingerprint density at radius 2 is 1.59 bits per heavy atom. The molecular weight excluding hydrogens is 716 g/mol. The molecule has 3 aromatic rings. The number of halogens is 1. The number of Topliss-reactive ketones (excluding diaryl/α,β-unsaturated/α-hetero) is 1. The van der Waals surface area contributed by atoms with Gasteiger partial charge in [0.1, 0.15) is 5.60 Å². The van der Waals surface area contributed by atoms with E-state index in [1.807, 2.05) is 50.9 Å². The predicted octanol–water partition coefficient (Wildman–Crippen LogP) is 10.3. The Bertz CT molecular complexity index is 1980. The molecule has 2 aliphatic heterocycles. The number of anilines is 2. The van der Waals surface area contributed by atoms with Crippen LogP contribution in [-0.2, 0) is 14.3 Å². The Kier molecular flexibility index (Phi) is 9.68. The zero-order valence-corrected chi connectivity index (χ0v) is 34.5. The number of para-hydroxylation sites is 2. The van der Waals surface area contributed by atoms with E-state index in [1.165, 1.54) is 26.7 Å². The summed E-state index contributed by atoms with van der Waals surface area (Å²) in [4.78, 5) is 34.5. The zero-order valence-electron chi connectivity index (χ0n) is 32.8. The number of epoxide rings is 1.